The zero-order valence-electron chi connectivity index (χ0n) is 10.1. The average Bonchev–Trinajstić information content (AvgIpc) is 2.32. The minimum absolute atomic E-state index is 0.315. The molecule has 2 aromatic rings. The number of rotatable bonds is 3. The third-order valence-corrected chi connectivity index (χ3v) is 3.61. The number of hydrogen-bond acceptors (Lipinski definition) is 2. The van der Waals surface area contributed by atoms with Crippen LogP contribution in [0.25, 0.3) is 11.4 Å². The second-order valence-electron chi connectivity index (χ2n) is 4.02. The Labute approximate surface area is 129 Å². The molecule has 0 N–H and O–H groups in total. The number of nitrogens with zero attached hydrogens (tertiary/aromatic N) is 2. The molecule has 19 heavy (non-hydrogen) atoms. The zero-order valence-corrected chi connectivity index (χ0v) is 13.2. The summed E-state index contributed by atoms with van der Waals surface area (Å²) < 4.78 is 14.0. The van der Waals surface area contributed by atoms with E-state index in [2.05, 4.69) is 25.9 Å². The third kappa shape index (κ3) is 3.44. The fourth-order valence-electron chi connectivity index (χ4n) is 1.70. The van der Waals surface area contributed by atoms with Crippen LogP contribution in [-0.2, 0) is 6.42 Å². The highest BCUT2D eigenvalue weighted by Gasteiger charge is 2.13. The van der Waals surface area contributed by atoms with E-state index >= 15 is 0 Å². The molecule has 0 atom stereocenters. The first-order valence-corrected chi connectivity index (χ1v) is 7.24. The monoisotopic (exact) mass is 362 g/mol. The van der Waals surface area contributed by atoms with E-state index in [0.29, 0.717) is 32.6 Å². The minimum Gasteiger partial charge on any atom is -0.216 e. The number of hydrogen-bond donors (Lipinski definition) is 0. The van der Waals surface area contributed by atoms with Crippen molar-refractivity contribution in [2.24, 2.45) is 0 Å². The standard InChI is InChI=1S/C13H10BrCl2FN2/c1-2-3-10-11(15)18-13(19-12(10)16)7-4-8(14)6-9(17)5-7/h4-6H,2-3H2,1H3. The van der Waals surface area contributed by atoms with E-state index in [9.17, 15) is 4.39 Å². The summed E-state index contributed by atoms with van der Waals surface area (Å²) >= 11 is 15.4. The van der Waals surface area contributed by atoms with E-state index in [1.54, 1.807) is 6.07 Å². The van der Waals surface area contributed by atoms with Gasteiger partial charge in [0.05, 0.1) is 0 Å². The lowest BCUT2D eigenvalue weighted by Gasteiger charge is -2.08. The average molecular weight is 364 g/mol. The van der Waals surface area contributed by atoms with Crippen LogP contribution >= 0.6 is 39.1 Å². The van der Waals surface area contributed by atoms with E-state index in [1.165, 1.54) is 12.1 Å². The molecular formula is C13H10BrCl2FN2. The van der Waals surface area contributed by atoms with Crippen molar-refractivity contribution in [3.63, 3.8) is 0 Å². The molecule has 0 bridgehead atoms. The summed E-state index contributed by atoms with van der Waals surface area (Å²) in [7, 11) is 0. The first-order valence-electron chi connectivity index (χ1n) is 5.69. The molecule has 0 aliphatic rings. The van der Waals surface area contributed by atoms with Crippen LogP contribution < -0.4 is 0 Å². The van der Waals surface area contributed by atoms with Gasteiger partial charge in [0.1, 0.15) is 16.1 Å². The zero-order chi connectivity index (χ0) is 14.0. The fraction of sp³-hybridized carbons (Fsp3) is 0.231. The van der Waals surface area contributed by atoms with Gasteiger partial charge in [-0.3, -0.25) is 0 Å². The molecule has 0 unspecified atom stereocenters. The van der Waals surface area contributed by atoms with Crippen LogP contribution in [0.2, 0.25) is 10.3 Å². The highest BCUT2D eigenvalue weighted by Crippen LogP contribution is 2.28. The maximum absolute atomic E-state index is 13.4. The van der Waals surface area contributed by atoms with Gasteiger partial charge in [0.25, 0.3) is 0 Å². The summed E-state index contributed by atoms with van der Waals surface area (Å²) in [6, 6.07) is 4.41. The number of benzene rings is 1. The molecule has 2 rings (SSSR count). The highest BCUT2D eigenvalue weighted by molar-refractivity contribution is 9.10. The molecule has 0 spiro atoms. The van der Waals surface area contributed by atoms with E-state index in [-0.39, 0.29) is 5.82 Å². The van der Waals surface area contributed by atoms with Crippen molar-refractivity contribution in [3.05, 3.63) is 44.4 Å². The normalized spacial score (nSPS) is 10.8. The van der Waals surface area contributed by atoms with Crippen molar-refractivity contribution in [3.8, 4) is 11.4 Å². The molecule has 0 amide bonds. The largest absolute Gasteiger partial charge is 0.216 e. The van der Waals surface area contributed by atoms with Crippen LogP contribution in [0.1, 0.15) is 18.9 Å². The summed E-state index contributed by atoms with van der Waals surface area (Å²) in [5.41, 5.74) is 1.25. The summed E-state index contributed by atoms with van der Waals surface area (Å²) in [5.74, 6) is -0.0621. The minimum atomic E-state index is -0.377. The molecule has 0 radical (unpaired) electrons. The van der Waals surface area contributed by atoms with Crippen LogP contribution in [0.3, 0.4) is 0 Å². The van der Waals surface area contributed by atoms with E-state index in [0.717, 1.165) is 12.0 Å². The first kappa shape index (κ1) is 14.7. The second-order valence-corrected chi connectivity index (χ2v) is 5.65. The molecule has 2 nitrogen and oxygen atoms in total. The Kier molecular flexibility index (Phi) is 4.76. The Morgan fingerprint density at radius 2 is 1.79 bits per heavy atom. The molecule has 1 aromatic heterocycles. The molecule has 0 aliphatic carbocycles. The Morgan fingerprint density at radius 1 is 1.16 bits per heavy atom. The molecule has 0 aliphatic heterocycles. The molecule has 0 saturated carbocycles. The molecule has 0 fully saturated rings. The van der Waals surface area contributed by atoms with Gasteiger partial charge < -0.3 is 0 Å². The van der Waals surface area contributed by atoms with Crippen LogP contribution in [0.5, 0.6) is 0 Å². The van der Waals surface area contributed by atoms with Gasteiger partial charge in [-0.25, -0.2) is 14.4 Å². The molecule has 0 saturated heterocycles. The van der Waals surface area contributed by atoms with Crippen molar-refractivity contribution in [1.82, 2.24) is 9.97 Å². The van der Waals surface area contributed by atoms with Gasteiger partial charge in [-0.15, -0.1) is 0 Å². The smallest absolute Gasteiger partial charge is 0.162 e. The van der Waals surface area contributed by atoms with Crippen LogP contribution in [0.4, 0.5) is 4.39 Å². The summed E-state index contributed by atoms with van der Waals surface area (Å²) in [6.07, 6.45) is 1.61. The summed E-state index contributed by atoms with van der Waals surface area (Å²) in [5, 5.41) is 0.634. The summed E-state index contributed by atoms with van der Waals surface area (Å²) in [6.45, 7) is 2.02. The van der Waals surface area contributed by atoms with Gasteiger partial charge in [-0.05, 0) is 24.6 Å². The number of halogens is 4. The topological polar surface area (TPSA) is 25.8 Å². The Morgan fingerprint density at radius 3 is 2.32 bits per heavy atom. The molecular weight excluding hydrogens is 354 g/mol. The third-order valence-electron chi connectivity index (χ3n) is 2.53. The van der Waals surface area contributed by atoms with Gasteiger partial charge in [0, 0.05) is 15.6 Å². The molecule has 100 valence electrons. The predicted molar refractivity (Wildman–Crippen MR) is 79.1 cm³/mol. The van der Waals surface area contributed by atoms with E-state index < -0.39 is 0 Å². The maximum Gasteiger partial charge on any atom is 0.162 e. The van der Waals surface area contributed by atoms with Gasteiger partial charge in [0.15, 0.2) is 5.82 Å². The van der Waals surface area contributed by atoms with Crippen molar-refractivity contribution in [2.75, 3.05) is 0 Å². The van der Waals surface area contributed by atoms with E-state index in [4.69, 9.17) is 23.2 Å². The second kappa shape index (κ2) is 6.16. The summed E-state index contributed by atoms with van der Waals surface area (Å²) in [4.78, 5) is 8.37. The quantitative estimate of drug-likeness (QED) is 0.691. The lowest BCUT2D eigenvalue weighted by molar-refractivity contribution is 0.627. The fourth-order valence-corrected chi connectivity index (χ4v) is 2.74. The lowest BCUT2D eigenvalue weighted by Crippen LogP contribution is -1.98. The Bertz CT molecular complexity index is 576. The highest BCUT2D eigenvalue weighted by atomic mass is 79.9. The van der Waals surface area contributed by atoms with E-state index in [1.807, 2.05) is 6.92 Å². The van der Waals surface area contributed by atoms with Gasteiger partial charge >= 0.3 is 0 Å². The van der Waals surface area contributed by atoms with Gasteiger partial charge in [-0.2, -0.15) is 0 Å². The van der Waals surface area contributed by atoms with Crippen LogP contribution in [0.15, 0.2) is 22.7 Å². The van der Waals surface area contributed by atoms with Crippen LogP contribution in [0, 0.1) is 5.82 Å². The Hall–Kier alpha value is -0.710. The Balaban J connectivity index is 2.51. The van der Waals surface area contributed by atoms with Crippen molar-refractivity contribution >= 4 is 39.1 Å². The SMILES string of the molecule is CCCc1c(Cl)nc(-c2cc(F)cc(Br)c2)nc1Cl. The van der Waals surface area contributed by atoms with Crippen LogP contribution in [-0.4, -0.2) is 9.97 Å². The molecule has 6 heteroatoms. The lowest BCUT2D eigenvalue weighted by atomic mass is 10.2. The molecule has 1 heterocycles. The van der Waals surface area contributed by atoms with Gasteiger partial charge in [0.2, 0.25) is 0 Å². The maximum atomic E-state index is 13.4. The first-order chi connectivity index (χ1) is 9.01. The van der Waals surface area contributed by atoms with Crippen molar-refractivity contribution < 1.29 is 4.39 Å². The molecule has 1 aromatic carbocycles. The number of aromatic nitrogens is 2. The predicted octanol–water partition coefficient (Wildman–Crippen LogP) is 5.30. The van der Waals surface area contributed by atoms with Crippen molar-refractivity contribution in [1.29, 1.82) is 0 Å². The van der Waals surface area contributed by atoms with Crippen molar-refractivity contribution in [2.45, 2.75) is 19.8 Å². The van der Waals surface area contributed by atoms with Gasteiger partial charge in [-0.1, -0.05) is 52.5 Å².